The number of allylic oxidation sites excluding steroid dienone is 3. The zero-order valence-electron chi connectivity index (χ0n) is 14.0. The second-order valence-electron chi connectivity index (χ2n) is 4.20. The van der Waals surface area contributed by atoms with Gasteiger partial charge in [0.1, 0.15) is 11.8 Å². The zero-order valence-corrected chi connectivity index (χ0v) is 14.8. The molecule has 25 heavy (non-hydrogen) atoms. The third-order valence-corrected chi connectivity index (χ3v) is 2.73. The minimum absolute atomic E-state index is 0.0182. The molecule has 7 N–H and O–H groups in total. The Kier molecular flexibility index (Phi) is 13.4. The van der Waals surface area contributed by atoms with E-state index in [4.69, 9.17) is 20.7 Å². The summed E-state index contributed by atoms with van der Waals surface area (Å²) in [5, 5.41) is 20.2. The highest BCUT2D eigenvalue weighted by Crippen LogP contribution is 2.13. The highest BCUT2D eigenvalue weighted by molar-refractivity contribution is 7.80. The van der Waals surface area contributed by atoms with E-state index < -0.39 is 24.1 Å². The highest BCUT2D eigenvalue weighted by Gasteiger charge is 2.23. The number of hydrogen-bond donors (Lipinski definition) is 5. The predicted molar refractivity (Wildman–Crippen MR) is 96.8 cm³/mol. The first kappa shape index (κ1) is 24.5. The third kappa shape index (κ3) is 10.6. The number of aliphatic carboxylic acids is 2. The fourth-order valence-corrected chi connectivity index (χ4v) is 1.59. The molecule has 0 radical (unpaired) electrons. The van der Waals surface area contributed by atoms with Gasteiger partial charge < -0.3 is 31.7 Å². The maximum atomic E-state index is 11.8. The molecule has 0 spiro atoms. The molecule has 0 aromatic rings. The van der Waals surface area contributed by atoms with Gasteiger partial charge in [-0.05, 0) is 26.5 Å². The summed E-state index contributed by atoms with van der Waals surface area (Å²) in [6, 6.07) is -1.27. The lowest BCUT2D eigenvalue weighted by Crippen LogP contribution is -2.41. The van der Waals surface area contributed by atoms with Crippen molar-refractivity contribution in [1.82, 2.24) is 5.32 Å². The van der Waals surface area contributed by atoms with Crippen LogP contribution in [0.15, 0.2) is 36.1 Å². The van der Waals surface area contributed by atoms with E-state index in [1.165, 1.54) is 32.2 Å². The maximum Gasteiger partial charge on any atom is 0.413 e. The summed E-state index contributed by atoms with van der Waals surface area (Å²) >= 11 is 4.65. The molecular weight excluding hydrogens is 350 g/mol. The van der Waals surface area contributed by atoms with E-state index in [0.717, 1.165) is 0 Å². The molecular formula is C15H23N3O6S. The molecule has 0 saturated carbocycles. The molecule has 1 atom stereocenters. The summed E-state index contributed by atoms with van der Waals surface area (Å²) in [4.78, 5) is 34.0. The van der Waals surface area contributed by atoms with E-state index in [9.17, 15) is 14.4 Å². The van der Waals surface area contributed by atoms with Gasteiger partial charge in [-0.25, -0.2) is 14.4 Å². The van der Waals surface area contributed by atoms with Crippen LogP contribution in [0.2, 0.25) is 0 Å². The van der Waals surface area contributed by atoms with Crippen molar-refractivity contribution in [3.63, 3.8) is 0 Å². The minimum Gasteiger partial charge on any atom is -0.480 e. The number of amides is 1. The van der Waals surface area contributed by atoms with Gasteiger partial charge in [-0.3, -0.25) is 0 Å². The number of nitrogens with one attached hydrogen (secondary N) is 1. The first-order valence-corrected chi connectivity index (χ1v) is 7.43. The van der Waals surface area contributed by atoms with Crippen LogP contribution >= 0.6 is 12.2 Å². The average Bonchev–Trinajstić information content (AvgIpc) is 2.53. The Morgan fingerprint density at radius 3 is 2.24 bits per heavy atom. The number of carboxylic acid groups (broad SMARTS) is 2. The zero-order chi connectivity index (χ0) is 20.0. The van der Waals surface area contributed by atoms with Crippen LogP contribution in [0.5, 0.6) is 0 Å². The molecule has 0 aliphatic carbocycles. The molecule has 10 heteroatoms. The standard InChI is InChI=1S/C14H18N2O6S.CH5N/c1-3-5-10(8(4-2)12(17)18)22-14(21)16-9(13(19)20)6-7-11(15)23;1-2/h3-5,9H,1,6-7H2,2H3,(H2,15,23)(H,16,21)(H,17,18)(H,19,20);2H2,1H3/b8-4+,10-5+;. The van der Waals surface area contributed by atoms with Gasteiger partial charge in [0.2, 0.25) is 0 Å². The molecule has 1 amide bonds. The van der Waals surface area contributed by atoms with E-state index in [2.05, 4.69) is 29.8 Å². The summed E-state index contributed by atoms with van der Waals surface area (Å²) in [5.74, 6) is -2.88. The normalized spacial score (nSPS) is 12.1. The summed E-state index contributed by atoms with van der Waals surface area (Å²) in [5.41, 5.74) is 9.52. The number of nitrogens with two attached hydrogens (primary N) is 2. The number of carbonyl (C=O) groups excluding carboxylic acids is 1. The van der Waals surface area contributed by atoms with Crippen LogP contribution in [0.4, 0.5) is 4.79 Å². The van der Waals surface area contributed by atoms with Crippen molar-refractivity contribution in [2.45, 2.75) is 25.8 Å². The monoisotopic (exact) mass is 373 g/mol. The molecule has 0 fully saturated rings. The predicted octanol–water partition coefficient (Wildman–Crippen LogP) is 0.908. The molecule has 1 unspecified atom stereocenters. The first-order valence-electron chi connectivity index (χ1n) is 7.02. The number of hydrogen-bond acceptors (Lipinski definition) is 6. The van der Waals surface area contributed by atoms with Crippen LogP contribution < -0.4 is 16.8 Å². The average molecular weight is 373 g/mol. The van der Waals surface area contributed by atoms with E-state index in [-0.39, 0.29) is 29.2 Å². The summed E-state index contributed by atoms with van der Waals surface area (Å²) in [6.07, 6.45) is 2.62. The van der Waals surface area contributed by atoms with Gasteiger partial charge in [0.25, 0.3) is 0 Å². The SMILES string of the molecule is C=C/C=C(OC(=O)NC(CCC(N)=S)C(=O)O)\C(=C/C)C(=O)O.CN. The topological polar surface area (TPSA) is 165 Å². The largest absolute Gasteiger partial charge is 0.480 e. The molecule has 0 saturated heterocycles. The second-order valence-corrected chi connectivity index (χ2v) is 4.73. The van der Waals surface area contributed by atoms with Gasteiger partial charge in [-0.1, -0.05) is 30.9 Å². The molecule has 0 aromatic carbocycles. The fourth-order valence-electron chi connectivity index (χ4n) is 1.47. The summed E-state index contributed by atoms with van der Waals surface area (Å²) in [7, 11) is 1.50. The smallest absolute Gasteiger partial charge is 0.413 e. The van der Waals surface area contributed by atoms with Gasteiger partial charge in [-0.15, -0.1) is 0 Å². The van der Waals surface area contributed by atoms with Crippen molar-refractivity contribution in [1.29, 1.82) is 0 Å². The second kappa shape index (κ2) is 13.7. The molecule has 0 heterocycles. The van der Waals surface area contributed by atoms with E-state index in [1.807, 2.05) is 0 Å². The number of carboxylic acids is 2. The van der Waals surface area contributed by atoms with Gasteiger partial charge in [0, 0.05) is 6.42 Å². The molecule has 0 aromatic heterocycles. The van der Waals surface area contributed by atoms with Crippen LogP contribution in [-0.4, -0.2) is 46.3 Å². The van der Waals surface area contributed by atoms with Crippen molar-refractivity contribution in [3.8, 4) is 0 Å². The van der Waals surface area contributed by atoms with Crippen LogP contribution in [0.1, 0.15) is 19.8 Å². The van der Waals surface area contributed by atoms with Gasteiger partial charge >= 0.3 is 18.0 Å². The molecule has 0 rings (SSSR count). The van der Waals surface area contributed by atoms with Crippen LogP contribution in [0.3, 0.4) is 0 Å². The third-order valence-electron chi connectivity index (χ3n) is 2.53. The maximum absolute atomic E-state index is 11.8. The van der Waals surface area contributed by atoms with Gasteiger partial charge in [0.05, 0.1) is 10.6 Å². The van der Waals surface area contributed by atoms with Crippen LogP contribution in [0.25, 0.3) is 0 Å². The Balaban J connectivity index is 0. The Hall–Kier alpha value is -2.72. The number of rotatable bonds is 9. The van der Waals surface area contributed by atoms with Crippen molar-refractivity contribution in [3.05, 3.63) is 36.1 Å². The lowest BCUT2D eigenvalue weighted by Gasteiger charge is -2.15. The van der Waals surface area contributed by atoms with Crippen molar-refractivity contribution < 1.29 is 29.3 Å². The van der Waals surface area contributed by atoms with E-state index in [1.54, 1.807) is 0 Å². The van der Waals surface area contributed by atoms with Gasteiger partial charge in [-0.2, -0.15) is 0 Å². The van der Waals surface area contributed by atoms with E-state index in [0.29, 0.717) is 0 Å². The fraction of sp³-hybridized carbons (Fsp3) is 0.333. The molecule has 9 nitrogen and oxygen atoms in total. The van der Waals surface area contributed by atoms with Crippen molar-refractivity contribution >= 4 is 35.2 Å². The summed E-state index contributed by atoms with van der Waals surface area (Å²) < 4.78 is 4.86. The summed E-state index contributed by atoms with van der Waals surface area (Å²) in [6.45, 7) is 4.84. The Bertz CT molecular complexity index is 572. The molecule has 0 aliphatic heterocycles. The van der Waals surface area contributed by atoms with Crippen molar-refractivity contribution in [2.24, 2.45) is 11.5 Å². The quantitative estimate of drug-likeness (QED) is 0.171. The lowest BCUT2D eigenvalue weighted by molar-refractivity contribution is -0.139. The molecule has 0 aliphatic rings. The highest BCUT2D eigenvalue weighted by atomic mass is 32.1. The van der Waals surface area contributed by atoms with Crippen LogP contribution in [-0.2, 0) is 14.3 Å². The Morgan fingerprint density at radius 1 is 1.32 bits per heavy atom. The molecule has 0 bridgehead atoms. The lowest BCUT2D eigenvalue weighted by atomic mass is 10.1. The van der Waals surface area contributed by atoms with Crippen molar-refractivity contribution in [2.75, 3.05) is 7.05 Å². The Morgan fingerprint density at radius 2 is 1.88 bits per heavy atom. The van der Waals surface area contributed by atoms with E-state index >= 15 is 0 Å². The number of thiocarbonyl (C=S) groups is 1. The molecule has 140 valence electrons. The minimum atomic E-state index is -1.31. The number of carbonyl (C=O) groups is 3. The van der Waals surface area contributed by atoms with Gasteiger partial charge in [0.15, 0.2) is 0 Å². The number of ether oxygens (including phenoxy) is 1. The van der Waals surface area contributed by atoms with Crippen LogP contribution in [0, 0.1) is 0 Å². The first-order chi connectivity index (χ1) is 11.7. The number of alkyl carbamates (subject to hydrolysis) is 1. The Labute approximate surface area is 151 Å².